The molecule has 0 radical (unpaired) electrons. The number of benzene rings is 2. The molecule has 0 spiro atoms. The number of rotatable bonds is 3. The Kier molecular flexibility index (Phi) is 3.65. The first-order chi connectivity index (χ1) is 12.1. The van der Waals surface area contributed by atoms with Gasteiger partial charge in [-0.15, -0.1) is 0 Å². The van der Waals surface area contributed by atoms with Crippen molar-refractivity contribution in [2.24, 2.45) is 0 Å². The molecule has 0 atom stereocenters. The number of imide groups is 1. The molecule has 2 heterocycles. The minimum atomic E-state index is -0.396. The molecular formula is C19H14FN3O2. The van der Waals surface area contributed by atoms with Crippen molar-refractivity contribution in [3.63, 3.8) is 0 Å². The summed E-state index contributed by atoms with van der Waals surface area (Å²) in [7, 11) is 0. The maximum Gasteiger partial charge on any atom is 0.332 e. The molecule has 124 valence electrons. The van der Waals surface area contributed by atoms with Crippen LogP contribution in [0.4, 0.5) is 14.9 Å². The largest absolute Gasteiger partial charge is 0.332 e. The summed E-state index contributed by atoms with van der Waals surface area (Å²) < 4.78 is 13.0. The van der Waals surface area contributed by atoms with Crippen LogP contribution in [-0.4, -0.2) is 28.4 Å². The molecule has 6 heteroatoms. The minimum absolute atomic E-state index is 0.0145. The van der Waals surface area contributed by atoms with E-state index in [1.807, 2.05) is 24.3 Å². The van der Waals surface area contributed by atoms with Crippen LogP contribution in [0.1, 0.15) is 5.56 Å². The van der Waals surface area contributed by atoms with Crippen molar-refractivity contribution in [3.05, 3.63) is 72.3 Å². The standard InChI is InChI=1S/C19H14FN3O2/c20-15-7-5-13(6-8-15)11-22-12-18(24)23(19(22)25)17-10-21-9-14-3-1-2-4-16(14)17/h1-10H,11-12H2. The van der Waals surface area contributed by atoms with Gasteiger partial charge in [0.15, 0.2) is 0 Å². The van der Waals surface area contributed by atoms with Crippen molar-refractivity contribution in [1.82, 2.24) is 9.88 Å². The highest BCUT2D eigenvalue weighted by atomic mass is 19.1. The third-order valence-electron chi connectivity index (χ3n) is 4.21. The maximum atomic E-state index is 13.0. The molecule has 0 unspecified atom stereocenters. The molecule has 3 amide bonds. The van der Waals surface area contributed by atoms with E-state index in [9.17, 15) is 14.0 Å². The Morgan fingerprint density at radius 2 is 1.76 bits per heavy atom. The first kappa shape index (κ1) is 15.3. The van der Waals surface area contributed by atoms with Crippen LogP contribution >= 0.6 is 0 Å². The normalized spacial score (nSPS) is 14.6. The van der Waals surface area contributed by atoms with Crippen LogP contribution in [0.5, 0.6) is 0 Å². The minimum Gasteiger partial charge on any atom is -0.310 e. The highest BCUT2D eigenvalue weighted by molar-refractivity contribution is 6.22. The van der Waals surface area contributed by atoms with E-state index in [0.717, 1.165) is 16.3 Å². The second kappa shape index (κ2) is 5.98. The number of carbonyl (C=O) groups excluding carboxylic acids is 2. The molecule has 0 aliphatic carbocycles. The van der Waals surface area contributed by atoms with Gasteiger partial charge in [0.25, 0.3) is 5.91 Å². The third kappa shape index (κ3) is 2.71. The second-order valence-electron chi connectivity index (χ2n) is 5.87. The molecule has 1 aliphatic rings. The van der Waals surface area contributed by atoms with Crippen molar-refractivity contribution >= 4 is 28.4 Å². The number of hydrogen-bond acceptors (Lipinski definition) is 3. The highest BCUT2D eigenvalue weighted by Crippen LogP contribution is 2.29. The third-order valence-corrected chi connectivity index (χ3v) is 4.21. The van der Waals surface area contributed by atoms with Crippen molar-refractivity contribution in [3.8, 4) is 0 Å². The van der Waals surface area contributed by atoms with E-state index >= 15 is 0 Å². The molecule has 4 rings (SSSR count). The molecule has 0 N–H and O–H groups in total. The van der Waals surface area contributed by atoms with Gasteiger partial charge in [0.1, 0.15) is 12.4 Å². The Morgan fingerprint density at radius 3 is 2.56 bits per heavy atom. The van der Waals surface area contributed by atoms with Gasteiger partial charge >= 0.3 is 6.03 Å². The maximum absolute atomic E-state index is 13.0. The SMILES string of the molecule is O=C1CN(Cc2ccc(F)cc2)C(=O)N1c1cncc2ccccc12. The topological polar surface area (TPSA) is 53.5 Å². The summed E-state index contributed by atoms with van der Waals surface area (Å²) in [6.45, 7) is 0.235. The summed E-state index contributed by atoms with van der Waals surface area (Å²) in [6, 6.07) is 13.0. The Balaban J connectivity index is 1.66. The number of urea groups is 1. The molecule has 0 saturated carbocycles. The van der Waals surface area contributed by atoms with Gasteiger partial charge in [-0.25, -0.2) is 14.1 Å². The Morgan fingerprint density at radius 1 is 1.00 bits per heavy atom. The first-order valence-electron chi connectivity index (χ1n) is 7.82. The Labute approximate surface area is 143 Å². The lowest BCUT2D eigenvalue weighted by molar-refractivity contribution is -0.116. The molecule has 2 aromatic carbocycles. The van der Waals surface area contributed by atoms with Crippen molar-refractivity contribution in [1.29, 1.82) is 0 Å². The number of pyridine rings is 1. The van der Waals surface area contributed by atoms with Gasteiger partial charge in [0.2, 0.25) is 0 Å². The lowest BCUT2D eigenvalue weighted by atomic mass is 10.1. The zero-order valence-corrected chi connectivity index (χ0v) is 13.2. The number of nitrogens with zero attached hydrogens (tertiary/aromatic N) is 3. The fraction of sp³-hybridized carbons (Fsp3) is 0.105. The smallest absolute Gasteiger partial charge is 0.310 e. The molecule has 1 fully saturated rings. The summed E-state index contributed by atoms with van der Waals surface area (Å²) in [5.41, 5.74) is 1.25. The summed E-state index contributed by atoms with van der Waals surface area (Å²) in [5, 5.41) is 1.65. The lowest BCUT2D eigenvalue weighted by Gasteiger charge is -2.18. The molecule has 0 bridgehead atoms. The highest BCUT2D eigenvalue weighted by Gasteiger charge is 2.37. The summed E-state index contributed by atoms with van der Waals surface area (Å²) >= 11 is 0. The lowest BCUT2D eigenvalue weighted by Crippen LogP contribution is -2.33. The summed E-state index contributed by atoms with van der Waals surface area (Å²) in [4.78, 5) is 32.0. The van der Waals surface area contributed by atoms with Gasteiger partial charge in [-0.3, -0.25) is 9.78 Å². The summed E-state index contributed by atoms with van der Waals surface area (Å²) in [6.07, 6.45) is 3.22. The van der Waals surface area contributed by atoms with Gasteiger partial charge < -0.3 is 4.90 Å². The van der Waals surface area contributed by atoms with Crippen LogP contribution in [0.2, 0.25) is 0 Å². The van der Waals surface area contributed by atoms with Crippen molar-refractivity contribution in [2.45, 2.75) is 6.54 Å². The molecule has 5 nitrogen and oxygen atoms in total. The fourth-order valence-corrected chi connectivity index (χ4v) is 3.00. The second-order valence-corrected chi connectivity index (χ2v) is 5.87. The number of hydrogen-bond donors (Lipinski definition) is 0. The van der Waals surface area contributed by atoms with E-state index in [4.69, 9.17) is 0 Å². The van der Waals surface area contributed by atoms with Gasteiger partial charge in [-0.1, -0.05) is 36.4 Å². The van der Waals surface area contributed by atoms with Crippen LogP contribution in [-0.2, 0) is 11.3 Å². The number of fused-ring (bicyclic) bond motifs is 1. The average molecular weight is 335 g/mol. The van der Waals surface area contributed by atoms with E-state index in [1.54, 1.807) is 18.3 Å². The average Bonchev–Trinajstić information content (AvgIpc) is 2.90. The fourth-order valence-electron chi connectivity index (χ4n) is 3.00. The molecule has 3 aromatic rings. The quantitative estimate of drug-likeness (QED) is 0.690. The summed E-state index contributed by atoms with van der Waals surface area (Å²) in [5.74, 6) is -0.638. The van der Waals surface area contributed by atoms with Crippen molar-refractivity contribution < 1.29 is 14.0 Å². The number of amides is 3. The molecule has 1 saturated heterocycles. The first-order valence-corrected chi connectivity index (χ1v) is 7.82. The van der Waals surface area contributed by atoms with Crippen LogP contribution in [0.25, 0.3) is 10.8 Å². The van der Waals surface area contributed by atoms with E-state index in [2.05, 4.69) is 4.98 Å². The van der Waals surface area contributed by atoms with E-state index in [-0.39, 0.29) is 24.8 Å². The van der Waals surface area contributed by atoms with Crippen LogP contribution < -0.4 is 4.90 Å². The Hall–Kier alpha value is -3.28. The predicted octanol–water partition coefficient (Wildman–Crippen LogP) is 3.34. The molecule has 1 aliphatic heterocycles. The van der Waals surface area contributed by atoms with Crippen LogP contribution in [0, 0.1) is 5.82 Å². The van der Waals surface area contributed by atoms with Crippen LogP contribution in [0.3, 0.4) is 0 Å². The molecule has 1 aromatic heterocycles. The number of anilines is 1. The van der Waals surface area contributed by atoms with Gasteiger partial charge in [0, 0.05) is 23.5 Å². The monoisotopic (exact) mass is 335 g/mol. The number of aromatic nitrogens is 1. The molecular weight excluding hydrogens is 321 g/mol. The number of carbonyl (C=O) groups is 2. The zero-order valence-electron chi connectivity index (χ0n) is 13.2. The zero-order chi connectivity index (χ0) is 17.4. The van der Waals surface area contributed by atoms with Crippen molar-refractivity contribution in [2.75, 3.05) is 11.4 Å². The van der Waals surface area contributed by atoms with E-state index in [1.165, 1.54) is 28.1 Å². The van der Waals surface area contributed by atoms with Gasteiger partial charge in [0.05, 0.1) is 11.9 Å². The number of halogens is 1. The van der Waals surface area contributed by atoms with Gasteiger partial charge in [-0.2, -0.15) is 0 Å². The molecule has 25 heavy (non-hydrogen) atoms. The Bertz CT molecular complexity index is 967. The van der Waals surface area contributed by atoms with E-state index < -0.39 is 6.03 Å². The predicted molar refractivity (Wildman–Crippen MR) is 91.4 cm³/mol. The van der Waals surface area contributed by atoms with Crippen LogP contribution in [0.15, 0.2) is 60.9 Å². The van der Waals surface area contributed by atoms with Gasteiger partial charge in [-0.05, 0) is 17.7 Å². The van der Waals surface area contributed by atoms with E-state index in [0.29, 0.717) is 5.69 Å².